The number of nitrogens with one attached hydrogen (secondary N) is 1. The number of rotatable bonds is 17. The molecule has 0 saturated carbocycles. The lowest BCUT2D eigenvalue weighted by Crippen LogP contribution is -2.47. The van der Waals surface area contributed by atoms with Crippen LogP contribution in [0.1, 0.15) is 70.2 Å². The predicted octanol–water partition coefficient (Wildman–Crippen LogP) is 4.71. The van der Waals surface area contributed by atoms with E-state index in [1.165, 1.54) is 22.0 Å². The topological polar surface area (TPSA) is 138 Å². The summed E-state index contributed by atoms with van der Waals surface area (Å²) < 4.78 is 31.2. The zero-order valence-corrected chi connectivity index (χ0v) is 28.9. The summed E-state index contributed by atoms with van der Waals surface area (Å²) in [6.45, 7) is 6.27. The second kappa shape index (κ2) is 17.3. The van der Waals surface area contributed by atoms with Gasteiger partial charge in [0, 0.05) is 61.3 Å². The number of aromatic nitrogens is 1. The largest absolute Gasteiger partial charge is 0.387 e. The van der Waals surface area contributed by atoms with Gasteiger partial charge in [0.1, 0.15) is 18.2 Å². The molecule has 4 amide bonds. The van der Waals surface area contributed by atoms with E-state index in [1.54, 1.807) is 12.3 Å². The van der Waals surface area contributed by atoms with Gasteiger partial charge in [-0.2, -0.15) is 0 Å². The third kappa shape index (κ3) is 9.95. The number of nitrogens with two attached hydrogens (primary N) is 1. The fourth-order valence-corrected chi connectivity index (χ4v) is 6.25. The first kappa shape index (κ1) is 38.1. The molecule has 0 unspecified atom stereocenters. The first-order valence-electron chi connectivity index (χ1n) is 17.0. The molecular formula is C38H47F2N5O5. The summed E-state index contributed by atoms with van der Waals surface area (Å²) >= 11 is 0. The molecule has 268 valence electrons. The molecule has 2 atom stereocenters. The highest BCUT2D eigenvalue weighted by molar-refractivity contribution is 6.12. The van der Waals surface area contributed by atoms with Crippen LogP contribution >= 0.6 is 0 Å². The van der Waals surface area contributed by atoms with Gasteiger partial charge in [-0.1, -0.05) is 63.9 Å². The van der Waals surface area contributed by atoms with Crippen molar-refractivity contribution < 1.29 is 33.1 Å². The Balaban J connectivity index is 1.46. The Bertz CT molecular complexity index is 1670. The van der Waals surface area contributed by atoms with Crippen LogP contribution in [0.25, 0.3) is 11.1 Å². The maximum absolute atomic E-state index is 15.0. The fraction of sp³-hybridized carbons (Fsp3) is 0.421. The Morgan fingerprint density at radius 2 is 1.64 bits per heavy atom. The van der Waals surface area contributed by atoms with Gasteiger partial charge in [-0.25, -0.2) is 8.78 Å². The summed E-state index contributed by atoms with van der Waals surface area (Å²) in [6.07, 6.45) is 7.31. The van der Waals surface area contributed by atoms with Gasteiger partial charge in [0.05, 0.1) is 12.1 Å². The van der Waals surface area contributed by atoms with Gasteiger partial charge >= 0.3 is 0 Å². The molecule has 1 aromatic heterocycles. The van der Waals surface area contributed by atoms with Crippen molar-refractivity contribution in [3.63, 3.8) is 0 Å². The number of hydrogen-bond donors (Lipinski definition) is 3. The second-order valence-electron chi connectivity index (χ2n) is 13.7. The maximum Gasteiger partial charge on any atom is 0.253 e. The monoisotopic (exact) mass is 691 g/mol. The van der Waals surface area contributed by atoms with E-state index in [1.807, 2.05) is 55.7 Å². The molecule has 0 bridgehead atoms. The molecule has 2 aromatic carbocycles. The minimum absolute atomic E-state index is 0.0545. The van der Waals surface area contributed by atoms with Gasteiger partial charge in [0.15, 0.2) is 0 Å². The number of aliphatic hydroxyl groups is 1. The standard InChI is InChI=1S/C38H47F2N5O5/c1-38(2,3)36(32-21-27(29-22-28(39)13-14-30(29)40)24-43(32)23-26-11-7-6-8-12-26)45(35(49)25-46)20-17-31(41)37(50)42-18-9-4-5-10-19-44-33(47)15-16-34(44)48/h6-8,11-16,21-22,24,31,36,46H,4-5,9-10,17-20,23,25,41H2,1-3H3,(H,42,50)/t31-,36-/m0/s1. The highest BCUT2D eigenvalue weighted by Gasteiger charge is 2.37. The number of imide groups is 1. The van der Waals surface area contributed by atoms with Gasteiger partial charge in [-0.05, 0) is 54.5 Å². The summed E-state index contributed by atoms with van der Waals surface area (Å²) in [7, 11) is 0. The van der Waals surface area contributed by atoms with Crippen LogP contribution in [-0.4, -0.2) is 75.4 Å². The predicted molar refractivity (Wildman–Crippen MR) is 186 cm³/mol. The van der Waals surface area contributed by atoms with Gasteiger partial charge in [0.25, 0.3) is 11.8 Å². The van der Waals surface area contributed by atoms with Crippen molar-refractivity contribution in [1.82, 2.24) is 19.7 Å². The maximum atomic E-state index is 15.0. The van der Waals surface area contributed by atoms with Crippen molar-refractivity contribution in [1.29, 1.82) is 0 Å². The quantitative estimate of drug-likeness (QED) is 0.139. The van der Waals surface area contributed by atoms with Crippen LogP contribution in [0.5, 0.6) is 0 Å². The van der Waals surface area contributed by atoms with E-state index < -0.39 is 41.6 Å². The first-order chi connectivity index (χ1) is 23.8. The molecule has 0 fully saturated rings. The Hall–Kier alpha value is -4.68. The highest BCUT2D eigenvalue weighted by Crippen LogP contribution is 2.41. The van der Waals surface area contributed by atoms with Gasteiger partial charge in [-0.15, -0.1) is 0 Å². The third-order valence-electron chi connectivity index (χ3n) is 8.76. The number of halogens is 2. The van der Waals surface area contributed by atoms with Crippen LogP contribution in [0, 0.1) is 17.0 Å². The van der Waals surface area contributed by atoms with Crippen LogP contribution in [0.15, 0.2) is 72.9 Å². The van der Waals surface area contributed by atoms with Crippen molar-refractivity contribution >= 4 is 23.6 Å². The molecule has 4 rings (SSSR count). The number of nitrogens with zero attached hydrogens (tertiary/aromatic N) is 3. The minimum atomic E-state index is -0.933. The number of amides is 4. The molecule has 0 radical (unpaired) electrons. The lowest BCUT2D eigenvalue weighted by atomic mass is 9.82. The van der Waals surface area contributed by atoms with Crippen LogP contribution < -0.4 is 11.1 Å². The van der Waals surface area contributed by atoms with Gasteiger partial charge < -0.3 is 25.6 Å². The molecule has 50 heavy (non-hydrogen) atoms. The molecule has 0 aliphatic carbocycles. The van der Waals surface area contributed by atoms with E-state index in [0.29, 0.717) is 43.7 Å². The smallest absolute Gasteiger partial charge is 0.253 e. The molecule has 1 aliphatic rings. The number of hydrogen-bond acceptors (Lipinski definition) is 6. The van der Waals surface area contributed by atoms with Crippen LogP contribution in [0.2, 0.25) is 0 Å². The summed E-state index contributed by atoms with van der Waals surface area (Å²) in [5, 5.41) is 12.9. The summed E-state index contributed by atoms with van der Waals surface area (Å²) in [4.78, 5) is 52.3. The molecular weight excluding hydrogens is 644 g/mol. The van der Waals surface area contributed by atoms with Crippen molar-refractivity contribution in [2.75, 3.05) is 26.2 Å². The fourth-order valence-electron chi connectivity index (χ4n) is 6.25. The van der Waals surface area contributed by atoms with Crippen LogP contribution in [0.4, 0.5) is 8.78 Å². The molecule has 0 saturated heterocycles. The summed E-state index contributed by atoms with van der Waals surface area (Å²) in [5.41, 5.74) is 7.80. The molecule has 2 heterocycles. The molecule has 0 spiro atoms. The van der Waals surface area contributed by atoms with E-state index in [0.717, 1.165) is 36.6 Å². The van der Waals surface area contributed by atoms with Gasteiger partial charge in [0.2, 0.25) is 11.8 Å². The average Bonchev–Trinajstić information content (AvgIpc) is 3.63. The summed E-state index contributed by atoms with van der Waals surface area (Å²) in [5.74, 6) is -2.69. The first-order valence-corrected chi connectivity index (χ1v) is 17.0. The average molecular weight is 692 g/mol. The number of carbonyl (C=O) groups is 4. The van der Waals surface area contributed by atoms with Crippen LogP contribution in [-0.2, 0) is 25.7 Å². The molecule has 10 nitrogen and oxygen atoms in total. The minimum Gasteiger partial charge on any atom is -0.387 e. The van der Waals surface area contributed by atoms with E-state index >= 15 is 0 Å². The molecule has 1 aliphatic heterocycles. The van der Waals surface area contributed by atoms with Crippen molar-refractivity contribution in [2.24, 2.45) is 11.1 Å². The number of unbranched alkanes of at least 4 members (excludes halogenated alkanes) is 3. The number of benzene rings is 2. The van der Waals surface area contributed by atoms with E-state index in [-0.39, 0.29) is 36.3 Å². The van der Waals surface area contributed by atoms with Crippen molar-refractivity contribution in [2.45, 2.75) is 71.5 Å². The van der Waals surface area contributed by atoms with Crippen LogP contribution in [0.3, 0.4) is 0 Å². The third-order valence-corrected chi connectivity index (χ3v) is 8.76. The zero-order valence-electron chi connectivity index (χ0n) is 28.9. The SMILES string of the molecule is CC(C)(C)[C@H](c1cc(-c2cc(F)ccc2F)cn1Cc1ccccc1)N(CC[C@H](N)C(=O)NCCCCCCN1C(=O)C=CC1=O)C(=O)CO. The van der Waals surface area contributed by atoms with Crippen molar-refractivity contribution in [3.8, 4) is 11.1 Å². The Morgan fingerprint density at radius 1 is 0.960 bits per heavy atom. The number of carbonyl (C=O) groups excluding carboxylic acids is 4. The molecule has 12 heteroatoms. The number of aliphatic hydroxyl groups excluding tert-OH is 1. The highest BCUT2D eigenvalue weighted by atomic mass is 19.1. The Labute approximate surface area is 291 Å². The Morgan fingerprint density at radius 3 is 2.30 bits per heavy atom. The van der Waals surface area contributed by atoms with Gasteiger partial charge in [-0.3, -0.25) is 24.1 Å². The second-order valence-corrected chi connectivity index (χ2v) is 13.7. The lowest BCUT2D eigenvalue weighted by molar-refractivity contribution is -0.140. The van der Waals surface area contributed by atoms with E-state index in [9.17, 15) is 33.1 Å². The normalized spacial score (nSPS) is 14.3. The zero-order chi connectivity index (χ0) is 36.4. The summed E-state index contributed by atoms with van der Waals surface area (Å²) in [6, 6.07) is 13.0. The Kier molecular flexibility index (Phi) is 13.2. The van der Waals surface area contributed by atoms with E-state index in [4.69, 9.17) is 5.73 Å². The van der Waals surface area contributed by atoms with Crippen molar-refractivity contribution in [3.05, 3.63) is 95.8 Å². The van der Waals surface area contributed by atoms with E-state index in [2.05, 4.69) is 5.32 Å². The molecule has 3 aromatic rings. The molecule has 4 N–H and O–H groups in total. The lowest BCUT2D eigenvalue weighted by Gasteiger charge is -2.41.